The van der Waals surface area contributed by atoms with E-state index >= 15 is 0 Å². The van der Waals surface area contributed by atoms with Crippen molar-refractivity contribution in [3.05, 3.63) is 24.3 Å². The van der Waals surface area contributed by atoms with Gasteiger partial charge in [-0.3, -0.25) is 4.79 Å². The molecule has 1 heterocycles. The quantitative estimate of drug-likeness (QED) is 0.509. The number of allylic oxidation sites excluding steroid dienone is 2. The normalized spacial score (nSPS) is 24.3. The lowest BCUT2D eigenvalue weighted by Gasteiger charge is -2.28. The van der Waals surface area contributed by atoms with Crippen LogP contribution in [0.1, 0.15) is 39.5 Å². The van der Waals surface area contributed by atoms with Crippen LogP contribution in [0, 0.1) is 5.92 Å². The second-order valence-corrected chi connectivity index (χ2v) is 5.81. The Morgan fingerprint density at radius 2 is 2.12 bits per heavy atom. The van der Waals surface area contributed by atoms with Gasteiger partial charge in [0.25, 0.3) is 5.60 Å². The van der Waals surface area contributed by atoms with Crippen molar-refractivity contribution < 1.29 is 33.7 Å². The van der Waals surface area contributed by atoms with Crippen molar-refractivity contribution in [2.75, 3.05) is 7.11 Å². The van der Waals surface area contributed by atoms with Gasteiger partial charge in [0.2, 0.25) is 0 Å². The molecular weight excluding hydrogens is 316 g/mol. The standard InChI is InChI=1S/C17H24O7/c1-5-12(3)14-17(15(20)22-4,24-16(21)23-14)10-6-7-11(2)8-9-13(18)19/h6,10,12,14H,2,5,7-9H2,1,3-4H3,(H,18,19)/b10-6+/t12-,14+,17-/m0/s1. The Morgan fingerprint density at radius 3 is 2.67 bits per heavy atom. The molecule has 0 saturated carbocycles. The monoisotopic (exact) mass is 340 g/mol. The highest BCUT2D eigenvalue weighted by Gasteiger charge is 2.58. The minimum atomic E-state index is -1.63. The van der Waals surface area contributed by atoms with Crippen LogP contribution in [0.15, 0.2) is 24.3 Å². The van der Waals surface area contributed by atoms with Gasteiger partial charge in [0, 0.05) is 6.42 Å². The van der Waals surface area contributed by atoms with Gasteiger partial charge in [-0.2, -0.15) is 0 Å². The number of hydrogen-bond acceptors (Lipinski definition) is 6. The fourth-order valence-electron chi connectivity index (χ4n) is 2.46. The third-order valence-electron chi connectivity index (χ3n) is 4.03. The first-order valence-corrected chi connectivity index (χ1v) is 7.81. The van der Waals surface area contributed by atoms with Gasteiger partial charge in [-0.05, 0) is 31.3 Å². The number of carboxylic acid groups (broad SMARTS) is 1. The maximum absolute atomic E-state index is 12.3. The first kappa shape index (κ1) is 19.7. The van der Waals surface area contributed by atoms with E-state index in [-0.39, 0.29) is 12.3 Å². The largest absolute Gasteiger partial charge is 0.510 e. The number of rotatable bonds is 9. The average molecular weight is 340 g/mol. The molecule has 1 aliphatic rings. The molecule has 134 valence electrons. The Bertz CT molecular complexity index is 537. The summed E-state index contributed by atoms with van der Waals surface area (Å²) in [6.07, 6.45) is 2.73. The van der Waals surface area contributed by atoms with E-state index in [4.69, 9.17) is 19.3 Å². The summed E-state index contributed by atoms with van der Waals surface area (Å²) in [6.45, 7) is 7.56. The fraction of sp³-hybridized carbons (Fsp3) is 0.588. The first-order chi connectivity index (χ1) is 11.3. The number of carbonyl (C=O) groups is 3. The van der Waals surface area contributed by atoms with Crippen LogP contribution in [-0.4, -0.2) is 42.0 Å². The van der Waals surface area contributed by atoms with Gasteiger partial charge < -0.3 is 19.3 Å². The van der Waals surface area contributed by atoms with Gasteiger partial charge in [0.05, 0.1) is 7.11 Å². The Morgan fingerprint density at radius 1 is 1.46 bits per heavy atom. The average Bonchev–Trinajstić information content (AvgIpc) is 2.89. The molecule has 0 aromatic carbocycles. The fourth-order valence-corrected chi connectivity index (χ4v) is 2.46. The number of esters is 1. The lowest BCUT2D eigenvalue weighted by Crippen LogP contribution is -2.49. The number of cyclic esters (lactones) is 2. The van der Waals surface area contributed by atoms with Crippen molar-refractivity contribution in [3.63, 3.8) is 0 Å². The predicted octanol–water partition coefficient (Wildman–Crippen LogP) is 2.85. The van der Waals surface area contributed by atoms with Crippen LogP contribution in [0.2, 0.25) is 0 Å². The molecule has 7 heteroatoms. The topological polar surface area (TPSA) is 99.1 Å². The summed E-state index contributed by atoms with van der Waals surface area (Å²) in [5.74, 6) is -1.73. The Balaban J connectivity index is 2.94. The van der Waals surface area contributed by atoms with Gasteiger partial charge >= 0.3 is 18.1 Å². The molecule has 7 nitrogen and oxygen atoms in total. The molecule has 0 aromatic heterocycles. The summed E-state index contributed by atoms with van der Waals surface area (Å²) in [5, 5.41) is 8.66. The van der Waals surface area contributed by atoms with Crippen molar-refractivity contribution in [1.82, 2.24) is 0 Å². The molecule has 0 radical (unpaired) electrons. The number of carboxylic acids is 1. The lowest BCUT2D eigenvalue weighted by atomic mass is 9.85. The summed E-state index contributed by atoms with van der Waals surface area (Å²) < 4.78 is 15.1. The van der Waals surface area contributed by atoms with E-state index in [0.717, 1.165) is 0 Å². The number of ether oxygens (including phenoxy) is 3. The zero-order valence-corrected chi connectivity index (χ0v) is 14.2. The summed E-state index contributed by atoms with van der Waals surface area (Å²) in [7, 11) is 1.21. The maximum atomic E-state index is 12.3. The molecule has 0 aromatic rings. The van der Waals surface area contributed by atoms with Crippen LogP contribution >= 0.6 is 0 Å². The van der Waals surface area contributed by atoms with Crippen molar-refractivity contribution in [2.24, 2.45) is 5.92 Å². The number of carbonyl (C=O) groups excluding carboxylic acids is 2. The number of aliphatic carboxylic acids is 1. The van der Waals surface area contributed by atoms with Gasteiger partial charge in [-0.25, -0.2) is 9.59 Å². The SMILES string of the molecule is C=C(C/C=C/[C@]1(C(=O)OC)OC(=O)O[C@@H]1[C@@H](C)CC)CCC(=O)O. The minimum Gasteiger partial charge on any atom is -0.481 e. The van der Waals surface area contributed by atoms with Crippen LogP contribution in [0.5, 0.6) is 0 Å². The number of hydrogen-bond donors (Lipinski definition) is 1. The molecule has 1 fully saturated rings. The van der Waals surface area contributed by atoms with Crippen molar-refractivity contribution in [1.29, 1.82) is 0 Å². The zero-order chi connectivity index (χ0) is 18.3. The van der Waals surface area contributed by atoms with E-state index in [1.165, 1.54) is 13.2 Å². The van der Waals surface area contributed by atoms with Crippen molar-refractivity contribution >= 4 is 18.1 Å². The molecule has 0 aliphatic carbocycles. The third kappa shape index (κ3) is 4.59. The minimum absolute atomic E-state index is 0.0115. The highest BCUT2D eigenvalue weighted by atomic mass is 16.8. The van der Waals surface area contributed by atoms with Crippen molar-refractivity contribution in [2.45, 2.75) is 51.2 Å². The van der Waals surface area contributed by atoms with Crippen LogP contribution < -0.4 is 0 Å². The van der Waals surface area contributed by atoms with E-state index in [2.05, 4.69) is 6.58 Å². The highest BCUT2D eigenvalue weighted by Crippen LogP contribution is 2.36. The molecule has 1 rings (SSSR count). The molecule has 1 saturated heterocycles. The zero-order valence-electron chi connectivity index (χ0n) is 14.2. The first-order valence-electron chi connectivity index (χ1n) is 7.81. The van der Waals surface area contributed by atoms with Gasteiger partial charge in [0.1, 0.15) is 0 Å². The van der Waals surface area contributed by atoms with E-state index in [1.807, 2.05) is 13.8 Å². The molecule has 0 spiro atoms. The second kappa shape index (κ2) is 8.52. The second-order valence-electron chi connectivity index (χ2n) is 5.81. The molecule has 0 amide bonds. The predicted molar refractivity (Wildman–Crippen MR) is 85.3 cm³/mol. The maximum Gasteiger partial charge on any atom is 0.510 e. The molecule has 0 bridgehead atoms. The molecule has 1 aliphatic heterocycles. The van der Waals surface area contributed by atoms with E-state index in [9.17, 15) is 14.4 Å². The molecule has 3 atom stereocenters. The Labute approximate surface area is 141 Å². The van der Waals surface area contributed by atoms with Crippen LogP contribution in [0.3, 0.4) is 0 Å². The highest BCUT2D eigenvalue weighted by molar-refractivity contribution is 5.87. The molecule has 0 unspecified atom stereocenters. The van der Waals surface area contributed by atoms with E-state index in [1.54, 1.807) is 6.08 Å². The van der Waals surface area contributed by atoms with Crippen LogP contribution in [0.25, 0.3) is 0 Å². The number of methoxy groups -OCH3 is 1. The van der Waals surface area contributed by atoms with Gasteiger partial charge in [-0.1, -0.05) is 32.1 Å². The smallest absolute Gasteiger partial charge is 0.481 e. The van der Waals surface area contributed by atoms with E-state index in [0.29, 0.717) is 24.8 Å². The van der Waals surface area contributed by atoms with Gasteiger partial charge in [0.15, 0.2) is 6.10 Å². The van der Waals surface area contributed by atoms with Crippen LogP contribution in [0.4, 0.5) is 4.79 Å². The lowest BCUT2D eigenvalue weighted by molar-refractivity contribution is -0.158. The van der Waals surface area contributed by atoms with E-state index < -0.39 is 29.8 Å². The molecule has 24 heavy (non-hydrogen) atoms. The summed E-state index contributed by atoms with van der Waals surface area (Å²) >= 11 is 0. The summed E-state index contributed by atoms with van der Waals surface area (Å²) in [6, 6.07) is 0. The van der Waals surface area contributed by atoms with Gasteiger partial charge in [-0.15, -0.1) is 0 Å². The third-order valence-corrected chi connectivity index (χ3v) is 4.03. The van der Waals surface area contributed by atoms with Crippen LogP contribution in [-0.2, 0) is 23.8 Å². The molecular formula is C17H24O7. The Hall–Kier alpha value is -2.31. The summed E-state index contributed by atoms with van der Waals surface area (Å²) in [5.41, 5.74) is -0.937. The van der Waals surface area contributed by atoms with Crippen molar-refractivity contribution in [3.8, 4) is 0 Å². The summed E-state index contributed by atoms with van der Waals surface area (Å²) in [4.78, 5) is 34.4. The molecule has 1 N–H and O–H groups in total. The Kier molecular flexibility index (Phi) is 7.00.